The molecule has 0 bridgehead atoms. The molecule has 1 amide bonds. The fourth-order valence-corrected chi connectivity index (χ4v) is 2.85. The summed E-state index contributed by atoms with van der Waals surface area (Å²) in [4.78, 5) is 25.5. The molecule has 0 radical (unpaired) electrons. The molecule has 0 saturated carbocycles. The average molecular weight is 266 g/mol. The molecule has 2 unspecified atom stereocenters. The molecule has 19 heavy (non-hydrogen) atoms. The van der Waals surface area contributed by atoms with Gasteiger partial charge in [-0.25, -0.2) is 0 Å². The second kappa shape index (κ2) is 6.70. The van der Waals surface area contributed by atoms with Gasteiger partial charge in [-0.1, -0.05) is 12.2 Å². The number of aliphatic carboxylic acids is 1. The van der Waals surface area contributed by atoms with Crippen LogP contribution in [0.5, 0.6) is 0 Å². The van der Waals surface area contributed by atoms with Crippen molar-refractivity contribution in [3.05, 3.63) is 12.2 Å². The van der Waals surface area contributed by atoms with E-state index in [0.717, 1.165) is 19.6 Å². The molecule has 1 aliphatic heterocycles. The molecule has 2 rings (SSSR count). The predicted octanol–water partition coefficient (Wildman–Crippen LogP) is 0.865. The Bertz CT molecular complexity index is 362. The van der Waals surface area contributed by atoms with E-state index in [2.05, 4.69) is 10.2 Å². The predicted molar refractivity (Wildman–Crippen MR) is 71.7 cm³/mol. The van der Waals surface area contributed by atoms with Crippen molar-refractivity contribution in [1.82, 2.24) is 10.2 Å². The second-order valence-electron chi connectivity index (χ2n) is 5.33. The Hall–Kier alpha value is -1.36. The van der Waals surface area contributed by atoms with Crippen LogP contribution in [0.2, 0.25) is 0 Å². The Kier molecular flexibility index (Phi) is 4.96. The first-order valence-corrected chi connectivity index (χ1v) is 7.06. The normalized spacial score (nSPS) is 27.4. The maximum absolute atomic E-state index is 12.1. The summed E-state index contributed by atoms with van der Waals surface area (Å²) >= 11 is 0. The number of carbonyl (C=O) groups is 2. The monoisotopic (exact) mass is 266 g/mol. The number of nitrogens with zero attached hydrogens (tertiary/aromatic N) is 1. The fraction of sp³-hybridized carbons (Fsp3) is 0.714. The first-order chi connectivity index (χ1) is 9.18. The molecule has 1 aliphatic carbocycles. The molecule has 0 aromatic rings. The molecule has 0 spiro atoms. The first kappa shape index (κ1) is 14.1. The van der Waals surface area contributed by atoms with Crippen LogP contribution in [-0.2, 0) is 9.59 Å². The lowest BCUT2D eigenvalue weighted by molar-refractivity contribution is -0.147. The second-order valence-corrected chi connectivity index (χ2v) is 5.33. The largest absolute Gasteiger partial charge is 0.481 e. The van der Waals surface area contributed by atoms with Gasteiger partial charge in [0.05, 0.1) is 11.8 Å². The molecule has 1 fully saturated rings. The first-order valence-electron chi connectivity index (χ1n) is 7.06. The Balaban J connectivity index is 1.77. The molecule has 106 valence electrons. The van der Waals surface area contributed by atoms with Gasteiger partial charge in [-0.3, -0.25) is 9.59 Å². The summed E-state index contributed by atoms with van der Waals surface area (Å²) in [6, 6.07) is 0. The number of allylic oxidation sites excluding steroid dienone is 2. The van der Waals surface area contributed by atoms with Gasteiger partial charge in [-0.15, -0.1) is 0 Å². The number of nitrogens with one attached hydrogen (secondary N) is 1. The number of hydrogen-bond acceptors (Lipinski definition) is 3. The lowest BCUT2D eigenvalue weighted by Crippen LogP contribution is -2.41. The lowest BCUT2D eigenvalue weighted by atomic mass is 9.82. The SMILES string of the molecule is O=C(O)C1CC=CCC1C(=O)NCCN1CCCC1. The van der Waals surface area contributed by atoms with E-state index in [1.165, 1.54) is 12.8 Å². The summed E-state index contributed by atoms with van der Waals surface area (Å²) in [5.74, 6) is -1.97. The molecule has 0 aromatic carbocycles. The lowest BCUT2D eigenvalue weighted by Gasteiger charge is -2.24. The smallest absolute Gasteiger partial charge is 0.307 e. The molecule has 0 aromatic heterocycles. The third-order valence-corrected chi connectivity index (χ3v) is 4.01. The Morgan fingerprint density at radius 2 is 1.79 bits per heavy atom. The molecule has 1 saturated heterocycles. The van der Waals surface area contributed by atoms with Crippen molar-refractivity contribution < 1.29 is 14.7 Å². The van der Waals surface area contributed by atoms with E-state index in [1.807, 2.05) is 12.2 Å². The third-order valence-electron chi connectivity index (χ3n) is 4.01. The summed E-state index contributed by atoms with van der Waals surface area (Å²) in [6.07, 6.45) is 7.23. The van der Waals surface area contributed by atoms with Crippen LogP contribution >= 0.6 is 0 Å². The van der Waals surface area contributed by atoms with Crippen molar-refractivity contribution in [2.75, 3.05) is 26.2 Å². The van der Waals surface area contributed by atoms with Gasteiger partial charge in [-0.05, 0) is 38.8 Å². The van der Waals surface area contributed by atoms with Gasteiger partial charge in [0, 0.05) is 13.1 Å². The molecule has 5 nitrogen and oxygen atoms in total. The molecule has 5 heteroatoms. The minimum atomic E-state index is -0.871. The van der Waals surface area contributed by atoms with E-state index in [1.54, 1.807) is 0 Å². The number of amides is 1. The fourth-order valence-electron chi connectivity index (χ4n) is 2.85. The molecular formula is C14H22N2O3. The van der Waals surface area contributed by atoms with Crippen LogP contribution in [0.15, 0.2) is 12.2 Å². The third kappa shape index (κ3) is 3.80. The maximum Gasteiger partial charge on any atom is 0.307 e. The van der Waals surface area contributed by atoms with Gasteiger partial charge in [0.2, 0.25) is 5.91 Å². The van der Waals surface area contributed by atoms with E-state index in [0.29, 0.717) is 19.4 Å². The highest BCUT2D eigenvalue weighted by Crippen LogP contribution is 2.25. The van der Waals surface area contributed by atoms with Crippen molar-refractivity contribution in [2.45, 2.75) is 25.7 Å². The molecule has 1 heterocycles. The summed E-state index contributed by atoms with van der Waals surface area (Å²) in [5.41, 5.74) is 0. The Morgan fingerprint density at radius 3 is 2.42 bits per heavy atom. The highest BCUT2D eigenvalue weighted by molar-refractivity contribution is 5.85. The highest BCUT2D eigenvalue weighted by Gasteiger charge is 2.33. The number of rotatable bonds is 5. The number of carboxylic acid groups (broad SMARTS) is 1. The zero-order valence-electron chi connectivity index (χ0n) is 11.2. The van der Waals surface area contributed by atoms with E-state index in [4.69, 9.17) is 5.11 Å². The van der Waals surface area contributed by atoms with Crippen LogP contribution in [0.25, 0.3) is 0 Å². The number of carbonyl (C=O) groups excluding carboxylic acids is 1. The standard InChI is InChI=1S/C14H22N2O3/c17-13(15-7-10-16-8-3-4-9-16)11-5-1-2-6-12(11)14(18)19/h1-2,11-12H,3-10H2,(H,15,17)(H,18,19). The van der Waals surface area contributed by atoms with Gasteiger partial charge in [0.25, 0.3) is 0 Å². The quantitative estimate of drug-likeness (QED) is 0.724. The summed E-state index contributed by atoms with van der Waals surface area (Å²) in [5, 5.41) is 12.0. The van der Waals surface area contributed by atoms with Gasteiger partial charge in [0.15, 0.2) is 0 Å². The molecule has 2 N–H and O–H groups in total. The topological polar surface area (TPSA) is 69.6 Å². The number of hydrogen-bond donors (Lipinski definition) is 2. The van der Waals surface area contributed by atoms with Crippen LogP contribution in [0.3, 0.4) is 0 Å². The molecule has 2 aliphatic rings. The van der Waals surface area contributed by atoms with E-state index in [-0.39, 0.29) is 5.91 Å². The zero-order valence-corrected chi connectivity index (χ0v) is 11.2. The van der Waals surface area contributed by atoms with E-state index < -0.39 is 17.8 Å². The van der Waals surface area contributed by atoms with Crippen LogP contribution < -0.4 is 5.32 Å². The minimum absolute atomic E-state index is 0.115. The van der Waals surface area contributed by atoms with Crippen LogP contribution in [0.4, 0.5) is 0 Å². The van der Waals surface area contributed by atoms with Gasteiger partial charge >= 0.3 is 5.97 Å². The van der Waals surface area contributed by atoms with Crippen LogP contribution in [-0.4, -0.2) is 48.1 Å². The summed E-state index contributed by atoms with van der Waals surface area (Å²) < 4.78 is 0. The number of carboxylic acids is 1. The molecular weight excluding hydrogens is 244 g/mol. The van der Waals surface area contributed by atoms with Crippen molar-refractivity contribution in [1.29, 1.82) is 0 Å². The highest BCUT2D eigenvalue weighted by atomic mass is 16.4. The zero-order chi connectivity index (χ0) is 13.7. The Morgan fingerprint density at radius 1 is 1.16 bits per heavy atom. The maximum atomic E-state index is 12.1. The van der Waals surface area contributed by atoms with E-state index >= 15 is 0 Å². The number of likely N-dealkylation sites (tertiary alicyclic amines) is 1. The summed E-state index contributed by atoms with van der Waals surface area (Å²) in [6.45, 7) is 3.71. The Labute approximate surface area is 113 Å². The minimum Gasteiger partial charge on any atom is -0.481 e. The van der Waals surface area contributed by atoms with Crippen molar-refractivity contribution in [2.24, 2.45) is 11.8 Å². The van der Waals surface area contributed by atoms with Crippen molar-refractivity contribution in [3.8, 4) is 0 Å². The average Bonchev–Trinajstić information content (AvgIpc) is 2.91. The van der Waals surface area contributed by atoms with Crippen LogP contribution in [0.1, 0.15) is 25.7 Å². The van der Waals surface area contributed by atoms with Crippen molar-refractivity contribution >= 4 is 11.9 Å². The van der Waals surface area contributed by atoms with Gasteiger partial charge < -0.3 is 15.3 Å². The van der Waals surface area contributed by atoms with Crippen LogP contribution in [0, 0.1) is 11.8 Å². The van der Waals surface area contributed by atoms with Crippen molar-refractivity contribution in [3.63, 3.8) is 0 Å². The van der Waals surface area contributed by atoms with E-state index in [9.17, 15) is 9.59 Å². The van der Waals surface area contributed by atoms with Gasteiger partial charge in [-0.2, -0.15) is 0 Å². The molecule has 2 atom stereocenters. The van der Waals surface area contributed by atoms with Gasteiger partial charge in [0.1, 0.15) is 0 Å². The summed E-state index contributed by atoms with van der Waals surface area (Å²) in [7, 11) is 0.